The molecule has 1 N–H and O–H groups in total. The average Bonchev–Trinajstić information content (AvgIpc) is 2.40. The van der Waals surface area contributed by atoms with Gasteiger partial charge in [0.05, 0.1) is 6.04 Å². The molecule has 20 heavy (non-hydrogen) atoms. The van der Waals surface area contributed by atoms with Crippen LogP contribution in [0.1, 0.15) is 22.7 Å². The first-order valence-corrected chi connectivity index (χ1v) is 7.19. The third-order valence-electron chi connectivity index (χ3n) is 3.15. The molecule has 0 bridgehead atoms. The molecule has 0 heterocycles. The predicted octanol–water partition coefficient (Wildman–Crippen LogP) is 5.00. The number of hydrogen-bond acceptors (Lipinski definition) is 1. The lowest BCUT2D eigenvalue weighted by Crippen LogP contribution is -2.19. The van der Waals surface area contributed by atoms with Crippen LogP contribution in [0.4, 0.5) is 8.78 Å². The van der Waals surface area contributed by atoms with Crippen LogP contribution in [0.5, 0.6) is 0 Å². The lowest BCUT2D eigenvalue weighted by Gasteiger charge is -2.20. The zero-order valence-electron chi connectivity index (χ0n) is 11.0. The maximum atomic E-state index is 14.0. The van der Waals surface area contributed by atoms with Crippen molar-refractivity contribution in [2.45, 2.75) is 13.0 Å². The first-order chi connectivity index (χ1) is 9.43. The summed E-state index contributed by atoms with van der Waals surface area (Å²) in [6.45, 7) is 1.65. The number of benzene rings is 2. The largest absolute Gasteiger partial charge is 0.309 e. The van der Waals surface area contributed by atoms with Crippen LogP contribution in [0.25, 0.3) is 0 Å². The highest BCUT2D eigenvalue weighted by Gasteiger charge is 2.20. The van der Waals surface area contributed by atoms with Crippen molar-refractivity contribution in [2.24, 2.45) is 0 Å². The van der Waals surface area contributed by atoms with E-state index in [0.717, 1.165) is 4.47 Å². The van der Waals surface area contributed by atoms with Crippen LogP contribution in [-0.2, 0) is 0 Å². The van der Waals surface area contributed by atoms with Gasteiger partial charge in [0.2, 0.25) is 0 Å². The zero-order chi connectivity index (χ0) is 14.9. The molecule has 0 amide bonds. The van der Waals surface area contributed by atoms with Crippen LogP contribution in [0, 0.1) is 18.6 Å². The molecule has 106 valence electrons. The summed E-state index contributed by atoms with van der Waals surface area (Å²) in [6.07, 6.45) is 0. The third kappa shape index (κ3) is 3.03. The van der Waals surface area contributed by atoms with Gasteiger partial charge < -0.3 is 5.32 Å². The van der Waals surface area contributed by atoms with Crippen LogP contribution in [0.15, 0.2) is 34.8 Å². The SMILES string of the molecule is CNC(c1cc(Br)ccc1F)c1cc(C)c(F)cc1Cl. The number of nitrogens with one attached hydrogen (secondary N) is 1. The fraction of sp³-hybridized carbons (Fsp3) is 0.200. The highest BCUT2D eigenvalue weighted by Crippen LogP contribution is 2.32. The van der Waals surface area contributed by atoms with E-state index in [-0.39, 0.29) is 16.7 Å². The Bertz CT molecular complexity index is 646. The molecule has 0 aliphatic rings. The van der Waals surface area contributed by atoms with Gasteiger partial charge in [0, 0.05) is 15.1 Å². The van der Waals surface area contributed by atoms with Crippen molar-refractivity contribution in [3.05, 3.63) is 68.2 Å². The van der Waals surface area contributed by atoms with Gasteiger partial charge in [0.1, 0.15) is 11.6 Å². The van der Waals surface area contributed by atoms with E-state index in [0.29, 0.717) is 16.7 Å². The molecule has 2 rings (SSSR count). The van der Waals surface area contributed by atoms with Crippen molar-refractivity contribution < 1.29 is 8.78 Å². The molecule has 1 unspecified atom stereocenters. The first kappa shape index (κ1) is 15.4. The Morgan fingerprint density at radius 1 is 1.10 bits per heavy atom. The van der Waals surface area contributed by atoms with E-state index in [2.05, 4.69) is 21.2 Å². The maximum Gasteiger partial charge on any atom is 0.128 e. The monoisotopic (exact) mass is 359 g/mol. The van der Waals surface area contributed by atoms with Gasteiger partial charge in [-0.1, -0.05) is 27.5 Å². The van der Waals surface area contributed by atoms with Crippen LogP contribution >= 0.6 is 27.5 Å². The molecule has 0 aromatic heterocycles. The second-order valence-electron chi connectivity index (χ2n) is 4.51. The van der Waals surface area contributed by atoms with E-state index in [1.807, 2.05) is 0 Å². The summed E-state index contributed by atoms with van der Waals surface area (Å²) >= 11 is 9.43. The minimum Gasteiger partial charge on any atom is -0.309 e. The number of rotatable bonds is 3. The molecule has 0 aliphatic heterocycles. The summed E-state index contributed by atoms with van der Waals surface area (Å²) in [4.78, 5) is 0. The Kier molecular flexibility index (Phi) is 4.78. The van der Waals surface area contributed by atoms with Crippen LogP contribution < -0.4 is 5.32 Å². The van der Waals surface area contributed by atoms with Crippen molar-refractivity contribution >= 4 is 27.5 Å². The van der Waals surface area contributed by atoms with Crippen LogP contribution in [-0.4, -0.2) is 7.05 Å². The standard InChI is InChI=1S/C15H13BrClF2N/c1-8-5-10(12(17)7-14(8)19)15(20-2)11-6-9(16)3-4-13(11)18/h3-7,15,20H,1-2H3. The second kappa shape index (κ2) is 6.20. The minimum atomic E-state index is -0.445. The minimum absolute atomic E-state index is 0.270. The lowest BCUT2D eigenvalue weighted by atomic mass is 9.96. The smallest absolute Gasteiger partial charge is 0.128 e. The summed E-state index contributed by atoms with van der Waals surface area (Å²) in [7, 11) is 1.71. The molecule has 0 fully saturated rings. The van der Waals surface area contributed by atoms with Gasteiger partial charge in [0.15, 0.2) is 0 Å². The average molecular weight is 361 g/mol. The highest BCUT2D eigenvalue weighted by molar-refractivity contribution is 9.10. The van der Waals surface area contributed by atoms with Gasteiger partial charge in [-0.3, -0.25) is 0 Å². The highest BCUT2D eigenvalue weighted by atomic mass is 79.9. The zero-order valence-corrected chi connectivity index (χ0v) is 13.3. The number of hydrogen-bond donors (Lipinski definition) is 1. The Morgan fingerprint density at radius 3 is 2.45 bits per heavy atom. The van der Waals surface area contributed by atoms with E-state index in [9.17, 15) is 8.78 Å². The van der Waals surface area contributed by atoms with Crippen molar-refractivity contribution in [3.8, 4) is 0 Å². The Labute approximate surface area is 130 Å². The van der Waals surface area contributed by atoms with Crippen LogP contribution in [0.3, 0.4) is 0 Å². The van der Waals surface area contributed by atoms with Crippen molar-refractivity contribution in [1.82, 2.24) is 5.32 Å². The fourth-order valence-corrected chi connectivity index (χ4v) is 2.75. The summed E-state index contributed by atoms with van der Waals surface area (Å²) in [5, 5.41) is 3.29. The van der Waals surface area contributed by atoms with Crippen molar-refractivity contribution in [1.29, 1.82) is 0 Å². The van der Waals surface area contributed by atoms with Gasteiger partial charge in [-0.2, -0.15) is 0 Å². The molecule has 0 saturated heterocycles. The quantitative estimate of drug-likeness (QED) is 0.812. The van der Waals surface area contributed by atoms with Crippen molar-refractivity contribution in [2.75, 3.05) is 7.05 Å². The van der Waals surface area contributed by atoms with E-state index in [1.165, 1.54) is 12.1 Å². The molecular formula is C15H13BrClF2N. The first-order valence-electron chi connectivity index (χ1n) is 6.01. The maximum absolute atomic E-state index is 14.0. The Hall–Kier alpha value is -0.970. The summed E-state index contributed by atoms with van der Waals surface area (Å²) in [5.74, 6) is -0.714. The van der Waals surface area contributed by atoms with E-state index >= 15 is 0 Å². The third-order valence-corrected chi connectivity index (χ3v) is 3.97. The molecule has 5 heteroatoms. The van der Waals surface area contributed by atoms with Gasteiger partial charge in [-0.25, -0.2) is 8.78 Å². The van der Waals surface area contributed by atoms with E-state index in [1.54, 1.807) is 32.2 Å². The molecular weight excluding hydrogens is 348 g/mol. The molecule has 0 saturated carbocycles. The van der Waals surface area contributed by atoms with Gasteiger partial charge >= 0.3 is 0 Å². The van der Waals surface area contributed by atoms with E-state index < -0.39 is 6.04 Å². The molecule has 1 atom stereocenters. The van der Waals surface area contributed by atoms with Gasteiger partial charge in [-0.05, 0) is 55.4 Å². The normalized spacial score (nSPS) is 12.5. The number of aryl methyl sites for hydroxylation is 1. The summed E-state index contributed by atoms with van der Waals surface area (Å²) < 4.78 is 28.3. The molecule has 2 aromatic rings. The summed E-state index contributed by atoms with van der Waals surface area (Å²) in [5.41, 5.74) is 1.57. The van der Waals surface area contributed by atoms with Crippen molar-refractivity contribution in [3.63, 3.8) is 0 Å². The summed E-state index contributed by atoms with van der Waals surface area (Å²) in [6, 6.07) is 7.15. The lowest BCUT2D eigenvalue weighted by molar-refractivity contribution is 0.573. The fourth-order valence-electron chi connectivity index (χ4n) is 2.12. The molecule has 2 aromatic carbocycles. The Morgan fingerprint density at radius 2 is 1.80 bits per heavy atom. The molecule has 0 spiro atoms. The van der Waals surface area contributed by atoms with Gasteiger partial charge in [0.25, 0.3) is 0 Å². The topological polar surface area (TPSA) is 12.0 Å². The molecule has 0 aliphatic carbocycles. The van der Waals surface area contributed by atoms with Gasteiger partial charge in [-0.15, -0.1) is 0 Å². The second-order valence-corrected chi connectivity index (χ2v) is 5.83. The predicted molar refractivity (Wildman–Crippen MR) is 81.1 cm³/mol. The molecule has 1 nitrogen and oxygen atoms in total. The Balaban J connectivity index is 2.58. The van der Waals surface area contributed by atoms with E-state index in [4.69, 9.17) is 11.6 Å². The van der Waals surface area contributed by atoms with Crippen LogP contribution in [0.2, 0.25) is 5.02 Å². The molecule has 0 radical (unpaired) electrons. The number of halogens is 4.